The number of fused-ring (bicyclic) bond motifs is 1. The van der Waals surface area contributed by atoms with Crippen molar-refractivity contribution < 1.29 is 13.6 Å². The first-order valence-electron chi connectivity index (χ1n) is 13.1. The Morgan fingerprint density at radius 2 is 1.91 bits per heavy atom. The minimum atomic E-state index is -2.59. The van der Waals surface area contributed by atoms with Gasteiger partial charge in [-0.1, -0.05) is 0 Å². The minimum absolute atomic E-state index is 0.0740. The Balaban J connectivity index is 1.24. The molecule has 2 N–H and O–H groups in total. The third-order valence-electron chi connectivity index (χ3n) is 8.07. The van der Waals surface area contributed by atoms with Crippen LogP contribution in [0.3, 0.4) is 0 Å². The number of aryl methyl sites for hydroxylation is 1. The van der Waals surface area contributed by atoms with E-state index in [1.54, 1.807) is 0 Å². The van der Waals surface area contributed by atoms with Crippen molar-refractivity contribution in [3.05, 3.63) is 23.0 Å². The molecule has 3 fully saturated rings. The van der Waals surface area contributed by atoms with E-state index in [0.717, 1.165) is 81.5 Å². The number of aromatic amines is 1. The Morgan fingerprint density at radius 3 is 2.71 bits per heavy atom. The van der Waals surface area contributed by atoms with Crippen LogP contribution >= 0.6 is 0 Å². The molecular formula is C25H33F2N7O. The van der Waals surface area contributed by atoms with Crippen molar-refractivity contribution in [2.75, 3.05) is 29.9 Å². The Kier molecular flexibility index (Phi) is 5.84. The minimum Gasteiger partial charge on any atom is -0.341 e. The number of halogens is 2. The quantitative estimate of drug-likeness (QED) is 0.656. The molecule has 10 heteroatoms. The molecule has 2 aliphatic carbocycles. The van der Waals surface area contributed by atoms with Gasteiger partial charge in [-0.25, -0.2) is 13.8 Å². The number of rotatable bonds is 5. The number of anilines is 3. The lowest BCUT2D eigenvalue weighted by molar-refractivity contribution is -0.133. The summed E-state index contributed by atoms with van der Waals surface area (Å²) in [7, 11) is 0. The van der Waals surface area contributed by atoms with Crippen LogP contribution in [0.1, 0.15) is 80.7 Å². The molecule has 0 radical (unpaired) electrons. The number of amides is 1. The molecule has 6 rings (SSSR count). The van der Waals surface area contributed by atoms with Gasteiger partial charge in [0.2, 0.25) is 17.8 Å². The number of aromatic nitrogens is 4. The van der Waals surface area contributed by atoms with Gasteiger partial charge in [0.15, 0.2) is 5.82 Å². The van der Waals surface area contributed by atoms with Gasteiger partial charge in [0.25, 0.3) is 0 Å². The van der Waals surface area contributed by atoms with Crippen LogP contribution in [0.25, 0.3) is 0 Å². The Bertz CT molecular complexity index is 1100. The lowest BCUT2D eigenvalue weighted by Crippen LogP contribution is -2.48. The zero-order chi connectivity index (χ0) is 24.0. The number of likely N-dealkylation sites (tertiary alicyclic amines) is 1. The van der Waals surface area contributed by atoms with Gasteiger partial charge >= 0.3 is 0 Å². The molecule has 2 aromatic heterocycles. The van der Waals surface area contributed by atoms with Gasteiger partial charge < -0.3 is 15.1 Å². The highest BCUT2D eigenvalue weighted by Gasteiger charge is 2.41. The first kappa shape index (κ1) is 22.7. The molecule has 1 amide bonds. The zero-order valence-electron chi connectivity index (χ0n) is 20.0. The number of nitrogens with zero attached hydrogens (tertiary/aromatic N) is 5. The van der Waals surface area contributed by atoms with Gasteiger partial charge in [-0.2, -0.15) is 10.1 Å². The molecule has 35 heavy (non-hydrogen) atoms. The van der Waals surface area contributed by atoms with Crippen LogP contribution in [0.5, 0.6) is 0 Å². The van der Waals surface area contributed by atoms with Crippen LogP contribution in [0.4, 0.5) is 26.4 Å². The van der Waals surface area contributed by atoms with E-state index in [-0.39, 0.29) is 30.7 Å². The fourth-order valence-electron chi connectivity index (χ4n) is 6.19. The Hall–Kier alpha value is -2.78. The smallest absolute Gasteiger partial charge is 0.248 e. The lowest BCUT2D eigenvalue weighted by atomic mass is 10.0. The topological polar surface area (TPSA) is 90.0 Å². The van der Waals surface area contributed by atoms with E-state index >= 15 is 0 Å². The predicted octanol–water partition coefficient (Wildman–Crippen LogP) is 4.32. The van der Waals surface area contributed by atoms with E-state index in [0.29, 0.717) is 24.0 Å². The van der Waals surface area contributed by atoms with E-state index in [2.05, 4.69) is 20.4 Å². The summed E-state index contributed by atoms with van der Waals surface area (Å²) in [5.41, 5.74) is 2.85. The van der Waals surface area contributed by atoms with Crippen molar-refractivity contribution in [1.29, 1.82) is 0 Å². The highest BCUT2D eigenvalue weighted by Crippen LogP contribution is 2.44. The van der Waals surface area contributed by atoms with Gasteiger partial charge in [0.05, 0.1) is 5.69 Å². The van der Waals surface area contributed by atoms with Crippen LogP contribution in [-0.4, -0.2) is 62.6 Å². The highest BCUT2D eigenvalue weighted by atomic mass is 19.3. The summed E-state index contributed by atoms with van der Waals surface area (Å²) in [4.78, 5) is 27.2. The van der Waals surface area contributed by atoms with E-state index in [1.165, 1.54) is 6.42 Å². The third-order valence-corrected chi connectivity index (χ3v) is 8.07. The molecule has 2 aromatic rings. The van der Waals surface area contributed by atoms with Gasteiger partial charge in [-0.05, 0) is 57.8 Å². The summed E-state index contributed by atoms with van der Waals surface area (Å²) in [5.74, 6) is -0.696. The normalized spacial score (nSPS) is 25.8. The van der Waals surface area contributed by atoms with Crippen molar-refractivity contribution in [3.8, 4) is 0 Å². The van der Waals surface area contributed by atoms with E-state index < -0.39 is 5.92 Å². The maximum absolute atomic E-state index is 13.7. The van der Waals surface area contributed by atoms with Crippen LogP contribution in [0.15, 0.2) is 6.07 Å². The molecule has 188 valence electrons. The van der Waals surface area contributed by atoms with Gasteiger partial charge in [0.1, 0.15) is 11.9 Å². The molecular weight excluding hydrogens is 452 g/mol. The van der Waals surface area contributed by atoms with Gasteiger partial charge in [-0.15, -0.1) is 0 Å². The van der Waals surface area contributed by atoms with Crippen LogP contribution in [0, 0.1) is 0 Å². The molecule has 0 spiro atoms. The molecule has 2 aliphatic heterocycles. The molecule has 2 saturated heterocycles. The summed E-state index contributed by atoms with van der Waals surface area (Å²) in [6, 6.07) is 1.62. The van der Waals surface area contributed by atoms with Crippen molar-refractivity contribution >= 4 is 23.5 Å². The number of H-pyrrole nitrogens is 1. The van der Waals surface area contributed by atoms with Crippen LogP contribution in [0.2, 0.25) is 0 Å². The monoisotopic (exact) mass is 485 g/mol. The first-order valence-corrected chi connectivity index (χ1v) is 13.1. The molecule has 0 bridgehead atoms. The van der Waals surface area contributed by atoms with E-state index in [4.69, 9.17) is 9.97 Å². The first-order chi connectivity index (χ1) is 17.0. The standard InChI is InChI=1S/C25H33F2N7O/c26-25(27)10-9-16(15-25)19-14-21(32-31-19)29-22-17-6-4-7-18(17)28-24(30-22)34-13-5-8-20(34)23(35)33-11-2-1-3-12-33/h14,16,20H,1-13,15H2,(H2,28,29,30,31,32)/t16-,20-/m0/s1. The summed E-state index contributed by atoms with van der Waals surface area (Å²) >= 11 is 0. The fourth-order valence-corrected chi connectivity index (χ4v) is 6.19. The number of alkyl halides is 2. The van der Waals surface area contributed by atoms with Gasteiger partial charge in [-0.3, -0.25) is 9.89 Å². The van der Waals surface area contributed by atoms with E-state index in [1.807, 2.05) is 11.0 Å². The zero-order valence-corrected chi connectivity index (χ0v) is 20.0. The second kappa shape index (κ2) is 9.02. The van der Waals surface area contributed by atoms with Crippen molar-refractivity contribution in [2.24, 2.45) is 0 Å². The van der Waals surface area contributed by atoms with Crippen molar-refractivity contribution in [2.45, 2.75) is 88.5 Å². The summed E-state index contributed by atoms with van der Waals surface area (Å²) in [6.07, 6.45) is 8.16. The number of nitrogens with one attached hydrogen (secondary N) is 2. The molecule has 0 aromatic carbocycles. The number of carbonyl (C=O) groups excluding carboxylic acids is 1. The fraction of sp³-hybridized carbons (Fsp3) is 0.680. The molecule has 8 nitrogen and oxygen atoms in total. The SMILES string of the molecule is O=C([C@@H]1CCCN1c1nc2c(c(Nc3cc([C@H]4CCC(F)(F)C4)[nH]n3)n1)CCC2)N1CCCCC1. The molecule has 0 unspecified atom stereocenters. The third kappa shape index (κ3) is 4.47. The number of hydrogen-bond acceptors (Lipinski definition) is 6. The Morgan fingerprint density at radius 1 is 1.06 bits per heavy atom. The maximum Gasteiger partial charge on any atom is 0.248 e. The van der Waals surface area contributed by atoms with E-state index in [9.17, 15) is 13.6 Å². The second-order valence-corrected chi connectivity index (χ2v) is 10.5. The van der Waals surface area contributed by atoms with Gasteiger partial charge in [0, 0.05) is 55.7 Å². The average Bonchev–Trinajstić information content (AvgIpc) is 3.65. The summed E-state index contributed by atoms with van der Waals surface area (Å²) < 4.78 is 27.4. The lowest BCUT2D eigenvalue weighted by Gasteiger charge is -2.32. The van der Waals surface area contributed by atoms with Crippen LogP contribution < -0.4 is 10.2 Å². The van der Waals surface area contributed by atoms with Crippen molar-refractivity contribution in [1.82, 2.24) is 25.1 Å². The molecule has 1 saturated carbocycles. The number of hydrogen-bond donors (Lipinski definition) is 2. The molecule has 2 atom stereocenters. The molecule has 4 aliphatic rings. The average molecular weight is 486 g/mol. The Labute approximate surface area is 203 Å². The number of carbonyl (C=O) groups is 1. The number of piperidine rings is 1. The largest absolute Gasteiger partial charge is 0.341 e. The van der Waals surface area contributed by atoms with Crippen molar-refractivity contribution in [3.63, 3.8) is 0 Å². The van der Waals surface area contributed by atoms with Crippen LogP contribution in [-0.2, 0) is 17.6 Å². The second-order valence-electron chi connectivity index (χ2n) is 10.5. The highest BCUT2D eigenvalue weighted by molar-refractivity contribution is 5.85. The predicted molar refractivity (Wildman–Crippen MR) is 128 cm³/mol. The summed E-state index contributed by atoms with van der Waals surface area (Å²) in [5, 5.41) is 10.6. The molecule has 4 heterocycles. The summed E-state index contributed by atoms with van der Waals surface area (Å²) in [6.45, 7) is 2.45. The maximum atomic E-state index is 13.7.